The molecular formula is C4H5N7O. The van der Waals surface area contributed by atoms with E-state index in [0.29, 0.717) is 0 Å². The lowest BCUT2D eigenvalue weighted by Crippen LogP contribution is -1.92. The highest BCUT2D eigenvalue weighted by molar-refractivity contribution is 5.39. The van der Waals surface area contributed by atoms with Crippen LogP contribution in [0.25, 0.3) is 11.7 Å². The molecule has 0 spiro atoms. The molecule has 0 unspecified atom stereocenters. The summed E-state index contributed by atoms with van der Waals surface area (Å²) in [5.41, 5.74) is 5.22. The second-order valence-corrected chi connectivity index (χ2v) is 2.06. The highest BCUT2D eigenvalue weighted by Gasteiger charge is 2.11. The maximum atomic E-state index is 5.22. The van der Waals surface area contributed by atoms with Gasteiger partial charge in [0.05, 0.1) is 7.05 Å². The normalized spacial score (nSPS) is 10.4. The molecule has 0 bridgehead atoms. The lowest BCUT2D eigenvalue weighted by Gasteiger charge is -1.78. The van der Waals surface area contributed by atoms with Crippen LogP contribution in [0.1, 0.15) is 0 Å². The van der Waals surface area contributed by atoms with E-state index >= 15 is 0 Å². The summed E-state index contributed by atoms with van der Waals surface area (Å²) < 4.78 is 4.70. The summed E-state index contributed by atoms with van der Waals surface area (Å²) >= 11 is 0. The van der Waals surface area contributed by atoms with Gasteiger partial charge in [-0.05, 0) is 10.4 Å². The van der Waals surface area contributed by atoms with Gasteiger partial charge in [0.1, 0.15) is 0 Å². The third-order valence-corrected chi connectivity index (χ3v) is 1.14. The van der Waals surface area contributed by atoms with Gasteiger partial charge in [-0.2, -0.15) is 9.78 Å². The zero-order chi connectivity index (χ0) is 8.55. The number of hydrogen-bond donors (Lipinski definition) is 1. The topological polar surface area (TPSA) is 109 Å². The first-order valence-corrected chi connectivity index (χ1v) is 3.09. The predicted octanol–water partition coefficient (Wildman–Crippen LogP) is -1.16. The standard InChI is InChI=1S/C4H5N7O/c1-11-8-2(7-10-11)3-6-4(5)9-12-3/h1H3,(H2,5,9). The van der Waals surface area contributed by atoms with Crippen molar-refractivity contribution in [3.63, 3.8) is 0 Å². The molecule has 2 aromatic rings. The van der Waals surface area contributed by atoms with Crippen molar-refractivity contribution in [2.75, 3.05) is 5.73 Å². The van der Waals surface area contributed by atoms with Gasteiger partial charge in [-0.15, -0.1) is 10.2 Å². The van der Waals surface area contributed by atoms with Crippen LogP contribution < -0.4 is 5.73 Å². The fraction of sp³-hybridized carbons (Fsp3) is 0.250. The minimum Gasteiger partial charge on any atom is -0.365 e. The molecule has 8 heteroatoms. The molecule has 2 rings (SSSR count). The van der Waals surface area contributed by atoms with Crippen molar-refractivity contribution in [2.45, 2.75) is 0 Å². The molecular weight excluding hydrogens is 162 g/mol. The van der Waals surface area contributed by atoms with Crippen LogP contribution in [-0.2, 0) is 7.05 Å². The lowest BCUT2D eigenvalue weighted by molar-refractivity contribution is 0.430. The van der Waals surface area contributed by atoms with Crippen LogP contribution in [0.2, 0.25) is 0 Å². The summed E-state index contributed by atoms with van der Waals surface area (Å²) in [5.74, 6) is 0.486. The molecule has 0 atom stereocenters. The Morgan fingerprint density at radius 1 is 1.50 bits per heavy atom. The molecule has 0 saturated carbocycles. The third kappa shape index (κ3) is 0.983. The van der Waals surface area contributed by atoms with E-state index in [4.69, 9.17) is 10.3 Å². The van der Waals surface area contributed by atoms with E-state index < -0.39 is 0 Å². The zero-order valence-corrected chi connectivity index (χ0v) is 6.17. The van der Waals surface area contributed by atoms with Crippen LogP contribution in [0.4, 0.5) is 5.95 Å². The van der Waals surface area contributed by atoms with E-state index in [-0.39, 0.29) is 17.7 Å². The van der Waals surface area contributed by atoms with Crippen molar-refractivity contribution in [1.82, 2.24) is 30.3 Å². The fourth-order valence-corrected chi connectivity index (χ4v) is 0.695. The number of nitrogen functional groups attached to an aromatic ring is 1. The molecule has 0 fully saturated rings. The van der Waals surface area contributed by atoms with Gasteiger partial charge in [0, 0.05) is 0 Å². The molecule has 0 saturated heterocycles. The van der Waals surface area contributed by atoms with Crippen molar-refractivity contribution >= 4 is 5.95 Å². The van der Waals surface area contributed by atoms with Crippen LogP contribution in [0.5, 0.6) is 0 Å². The van der Waals surface area contributed by atoms with Gasteiger partial charge in [-0.1, -0.05) is 0 Å². The largest absolute Gasteiger partial charge is 0.365 e. The fourth-order valence-electron chi connectivity index (χ4n) is 0.695. The van der Waals surface area contributed by atoms with Crippen molar-refractivity contribution < 1.29 is 4.52 Å². The Hall–Kier alpha value is -1.99. The first-order chi connectivity index (χ1) is 5.75. The number of tetrazole rings is 1. The summed E-state index contributed by atoms with van der Waals surface area (Å²) in [6.45, 7) is 0. The molecule has 12 heavy (non-hydrogen) atoms. The van der Waals surface area contributed by atoms with Gasteiger partial charge in [-0.3, -0.25) is 0 Å². The van der Waals surface area contributed by atoms with Crippen LogP contribution in [0, 0.1) is 0 Å². The summed E-state index contributed by atoms with van der Waals surface area (Å²) in [4.78, 5) is 5.00. The van der Waals surface area contributed by atoms with Gasteiger partial charge in [0.2, 0.25) is 0 Å². The monoisotopic (exact) mass is 167 g/mol. The molecule has 62 valence electrons. The quantitative estimate of drug-likeness (QED) is 0.570. The minimum absolute atomic E-state index is 0.0532. The third-order valence-electron chi connectivity index (χ3n) is 1.14. The van der Waals surface area contributed by atoms with E-state index in [0.717, 1.165) is 0 Å². The second kappa shape index (κ2) is 2.26. The number of aromatic nitrogens is 6. The van der Waals surface area contributed by atoms with Gasteiger partial charge in [0.25, 0.3) is 11.8 Å². The number of aryl methyl sites for hydroxylation is 1. The summed E-state index contributed by atoms with van der Waals surface area (Å²) in [6.07, 6.45) is 0. The van der Waals surface area contributed by atoms with Gasteiger partial charge in [-0.25, -0.2) is 0 Å². The molecule has 0 aliphatic heterocycles. The van der Waals surface area contributed by atoms with Crippen LogP contribution in [0.15, 0.2) is 4.52 Å². The zero-order valence-electron chi connectivity index (χ0n) is 6.17. The number of anilines is 1. The average Bonchev–Trinajstić information content (AvgIpc) is 2.58. The summed E-state index contributed by atoms with van der Waals surface area (Å²) in [7, 11) is 1.64. The molecule has 2 heterocycles. The molecule has 0 aliphatic carbocycles. The van der Waals surface area contributed by atoms with Crippen molar-refractivity contribution in [1.29, 1.82) is 0 Å². The lowest BCUT2D eigenvalue weighted by atomic mass is 10.6. The van der Waals surface area contributed by atoms with E-state index in [1.807, 2.05) is 0 Å². The van der Waals surface area contributed by atoms with Gasteiger partial charge < -0.3 is 10.3 Å². The van der Waals surface area contributed by atoms with E-state index in [1.165, 1.54) is 4.80 Å². The highest BCUT2D eigenvalue weighted by Crippen LogP contribution is 2.09. The molecule has 0 aliphatic rings. The maximum absolute atomic E-state index is 5.22. The molecule has 2 aromatic heterocycles. The maximum Gasteiger partial charge on any atom is 0.301 e. The van der Waals surface area contributed by atoms with Gasteiger partial charge >= 0.3 is 5.89 Å². The van der Waals surface area contributed by atoms with Crippen molar-refractivity contribution in [2.24, 2.45) is 7.05 Å². The molecule has 8 nitrogen and oxygen atoms in total. The Balaban J connectivity index is 2.43. The number of hydrogen-bond acceptors (Lipinski definition) is 7. The average molecular weight is 167 g/mol. The Morgan fingerprint density at radius 3 is 2.83 bits per heavy atom. The van der Waals surface area contributed by atoms with E-state index in [1.54, 1.807) is 7.05 Å². The Kier molecular flexibility index (Phi) is 1.26. The summed E-state index contributed by atoms with van der Waals surface area (Å²) in [5, 5.41) is 14.5. The smallest absolute Gasteiger partial charge is 0.301 e. The molecule has 0 aromatic carbocycles. The highest BCUT2D eigenvalue weighted by atomic mass is 16.5. The van der Waals surface area contributed by atoms with Crippen molar-refractivity contribution in [3.8, 4) is 11.7 Å². The molecule has 0 radical (unpaired) electrons. The Bertz CT molecular complexity index is 351. The van der Waals surface area contributed by atoms with Crippen LogP contribution in [-0.4, -0.2) is 30.3 Å². The molecule has 0 amide bonds. The predicted molar refractivity (Wildman–Crippen MR) is 36.5 cm³/mol. The first kappa shape index (κ1) is 6.70. The van der Waals surface area contributed by atoms with Crippen LogP contribution in [0.3, 0.4) is 0 Å². The second-order valence-electron chi connectivity index (χ2n) is 2.06. The number of nitrogens with two attached hydrogens (primary N) is 1. The summed E-state index contributed by atoms with van der Waals surface area (Å²) in [6, 6.07) is 0. The number of nitrogens with zero attached hydrogens (tertiary/aromatic N) is 6. The minimum atomic E-state index is 0.0532. The SMILES string of the molecule is Cn1nnc(-c2nc(N)no2)n1. The first-order valence-electron chi connectivity index (χ1n) is 3.09. The van der Waals surface area contributed by atoms with Crippen LogP contribution >= 0.6 is 0 Å². The van der Waals surface area contributed by atoms with Crippen molar-refractivity contribution in [3.05, 3.63) is 0 Å². The molecule has 2 N–H and O–H groups in total. The van der Waals surface area contributed by atoms with E-state index in [9.17, 15) is 0 Å². The Morgan fingerprint density at radius 2 is 2.33 bits per heavy atom. The van der Waals surface area contributed by atoms with Gasteiger partial charge in [0.15, 0.2) is 0 Å². The Labute approximate surface area is 66.4 Å². The number of rotatable bonds is 1. The van der Waals surface area contributed by atoms with E-state index in [2.05, 4.69) is 25.6 Å².